The van der Waals surface area contributed by atoms with E-state index < -0.39 is 58.4 Å². The minimum Gasteiger partial charge on any atom is -0.508 e. The SMILES string of the molecule is CC(C)(CC(O)(C(=O)Nc1cc(F)cc(F)c1)C(F)(F)F)c1cc(F)ccc1O. The molecule has 0 aliphatic rings. The summed E-state index contributed by atoms with van der Waals surface area (Å²) >= 11 is 0. The van der Waals surface area contributed by atoms with Gasteiger partial charge in [0.1, 0.15) is 23.2 Å². The van der Waals surface area contributed by atoms with Crippen LogP contribution in [0.5, 0.6) is 5.75 Å². The van der Waals surface area contributed by atoms with Crippen molar-refractivity contribution in [3.63, 3.8) is 0 Å². The first kappa shape index (κ1) is 22.5. The second-order valence-corrected chi connectivity index (χ2v) is 7.19. The molecule has 3 N–H and O–H groups in total. The number of phenolic OH excluding ortho intramolecular Hbond substituents is 1. The van der Waals surface area contributed by atoms with E-state index >= 15 is 0 Å². The van der Waals surface area contributed by atoms with E-state index in [2.05, 4.69) is 0 Å². The fourth-order valence-electron chi connectivity index (χ4n) is 2.95. The Morgan fingerprint density at radius 2 is 1.52 bits per heavy atom. The molecule has 0 spiro atoms. The summed E-state index contributed by atoms with van der Waals surface area (Å²) < 4.78 is 80.9. The quantitative estimate of drug-likeness (QED) is 0.627. The molecule has 1 unspecified atom stereocenters. The topological polar surface area (TPSA) is 69.6 Å². The number of carbonyl (C=O) groups excluding carboxylic acids is 1. The molecule has 2 aromatic carbocycles. The second kappa shape index (κ2) is 7.58. The van der Waals surface area contributed by atoms with Crippen LogP contribution in [0.3, 0.4) is 0 Å². The lowest BCUT2D eigenvalue weighted by Crippen LogP contribution is -2.57. The minimum atomic E-state index is -5.50. The molecule has 2 rings (SSSR count). The van der Waals surface area contributed by atoms with Gasteiger partial charge in [0.25, 0.3) is 5.91 Å². The highest BCUT2D eigenvalue weighted by molar-refractivity contribution is 5.98. The number of amides is 1. The van der Waals surface area contributed by atoms with E-state index in [1.165, 1.54) is 0 Å². The zero-order valence-electron chi connectivity index (χ0n) is 15.2. The molecule has 2 aromatic rings. The Morgan fingerprint density at radius 3 is 2.03 bits per heavy atom. The lowest BCUT2D eigenvalue weighted by Gasteiger charge is -2.36. The van der Waals surface area contributed by atoms with E-state index in [0.29, 0.717) is 18.2 Å². The average Bonchev–Trinajstić information content (AvgIpc) is 2.54. The van der Waals surface area contributed by atoms with Gasteiger partial charge in [-0.25, -0.2) is 13.2 Å². The van der Waals surface area contributed by atoms with Crippen LogP contribution in [0.1, 0.15) is 25.8 Å². The number of benzene rings is 2. The highest BCUT2D eigenvalue weighted by Crippen LogP contribution is 2.44. The van der Waals surface area contributed by atoms with E-state index in [-0.39, 0.29) is 5.56 Å². The lowest BCUT2D eigenvalue weighted by atomic mass is 9.74. The van der Waals surface area contributed by atoms with Crippen LogP contribution in [0, 0.1) is 17.5 Å². The molecule has 0 bridgehead atoms. The number of rotatable bonds is 5. The number of aliphatic hydroxyl groups is 1. The van der Waals surface area contributed by atoms with Crippen molar-refractivity contribution in [2.75, 3.05) is 5.32 Å². The second-order valence-electron chi connectivity index (χ2n) is 7.19. The number of carbonyl (C=O) groups is 1. The molecule has 0 heterocycles. The Labute approximate surface area is 161 Å². The van der Waals surface area contributed by atoms with Gasteiger partial charge in [-0.3, -0.25) is 4.79 Å². The summed E-state index contributed by atoms with van der Waals surface area (Å²) in [6.07, 6.45) is -6.81. The smallest absolute Gasteiger partial charge is 0.426 e. The van der Waals surface area contributed by atoms with Gasteiger partial charge >= 0.3 is 6.18 Å². The fraction of sp³-hybridized carbons (Fsp3) is 0.316. The number of phenols is 1. The van der Waals surface area contributed by atoms with E-state index in [1.54, 1.807) is 5.32 Å². The summed E-state index contributed by atoms with van der Waals surface area (Å²) in [6, 6.07) is 4.18. The minimum absolute atomic E-state index is 0.273. The van der Waals surface area contributed by atoms with Gasteiger partial charge in [0.2, 0.25) is 5.60 Å². The van der Waals surface area contributed by atoms with Gasteiger partial charge in [0.05, 0.1) is 0 Å². The summed E-state index contributed by atoms with van der Waals surface area (Å²) in [7, 11) is 0. The van der Waals surface area contributed by atoms with Crippen LogP contribution in [-0.2, 0) is 10.2 Å². The highest BCUT2D eigenvalue weighted by Gasteiger charge is 2.61. The molecular formula is C19H17F6NO3. The fourth-order valence-corrected chi connectivity index (χ4v) is 2.95. The average molecular weight is 421 g/mol. The Balaban J connectivity index is 2.43. The number of hydrogen-bond acceptors (Lipinski definition) is 3. The Hall–Kier alpha value is -2.75. The van der Waals surface area contributed by atoms with Crippen LogP contribution in [0.4, 0.5) is 32.0 Å². The summed E-state index contributed by atoms with van der Waals surface area (Å²) in [4.78, 5) is 12.3. The van der Waals surface area contributed by atoms with E-state index in [9.17, 15) is 41.4 Å². The first-order valence-electron chi connectivity index (χ1n) is 8.21. The van der Waals surface area contributed by atoms with E-state index in [4.69, 9.17) is 0 Å². The van der Waals surface area contributed by atoms with Crippen molar-refractivity contribution < 1.29 is 41.4 Å². The monoisotopic (exact) mass is 421 g/mol. The van der Waals surface area contributed by atoms with Gasteiger partial charge in [-0.05, 0) is 35.7 Å². The van der Waals surface area contributed by atoms with Crippen LogP contribution in [0.15, 0.2) is 36.4 Å². The largest absolute Gasteiger partial charge is 0.508 e. The maximum Gasteiger partial charge on any atom is 0.426 e. The van der Waals surface area contributed by atoms with Crippen molar-refractivity contribution in [3.8, 4) is 5.75 Å². The first-order valence-corrected chi connectivity index (χ1v) is 8.21. The third-order valence-corrected chi connectivity index (χ3v) is 4.35. The van der Waals surface area contributed by atoms with Gasteiger partial charge in [-0.2, -0.15) is 13.2 Å². The number of anilines is 1. The number of alkyl halides is 3. The third kappa shape index (κ3) is 4.81. The number of nitrogens with one attached hydrogen (secondary N) is 1. The van der Waals surface area contributed by atoms with Crippen LogP contribution in [0.2, 0.25) is 0 Å². The standard InChI is InChI=1S/C19H17F6NO3/c1-17(2,14-8-10(20)3-4-15(14)27)9-18(29,19(23,24)25)16(28)26-13-6-11(21)5-12(22)7-13/h3-8,27,29H,9H2,1-2H3,(H,26,28). The van der Waals surface area contributed by atoms with Crippen molar-refractivity contribution in [1.82, 2.24) is 0 Å². The first-order chi connectivity index (χ1) is 13.2. The molecule has 0 saturated carbocycles. The molecule has 10 heteroatoms. The number of halogens is 6. The van der Waals surface area contributed by atoms with Crippen molar-refractivity contribution in [1.29, 1.82) is 0 Å². The molecular weight excluding hydrogens is 404 g/mol. The van der Waals surface area contributed by atoms with Crippen LogP contribution >= 0.6 is 0 Å². The number of hydrogen-bond donors (Lipinski definition) is 3. The predicted octanol–water partition coefficient (Wildman–Crippen LogP) is 4.41. The summed E-state index contributed by atoms with van der Waals surface area (Å²) in [5.74, 6) is -5.67. The van der Waals surface area contributed by atoms with Crippen molar-refractivity contribution in [2.24, 2.45) is 0 Å². The molecule has 4 nitrogen and oxygen atoms in total. The van der Waals surface area contributed by atoms with Gasteiger partial charge in [0, 0.05) is 23.7 Å². The maximum absolute atomic E-state index is 13.6. The zero-order valence-corrected chi connectivity index (χ0v) is 15.2. The summed E-state index contributed by atoms with van der Waals surface area (Å²) in [6.45, 7) is 2.32. The van der Waals surface area contributed by atoms with Crippen LogP contribution in [-0.4, -0.2) is 27.9 Å². The molecule has 1 atom stereocenters. The molecule has 0 radical (unpaired) electrons. The lowest BCUT2D eigenvalue weighted by molar-refractivity contribution is -0.254. The summed E-state index contributed by atoms with van der Waals surface area (Å²) in [5.41, 5.74) is -6.66. The molecule has 158 valence electrons. The van der Waals surface area contributed by atoms with Gasteiger partial charge in [-0.1, -0.05) is 13.8 Å². The zero-order chi connectivity index (χ0) is 22.2. The Kier molecular flexibility index (Phi) is 5.89. The maximum atomic E-state index is 13.6. The van der Waals surface area contributed by atoms with Gasteiger partial charge < -0.3 is 15.5 Å². The van der Waals surface area contributed by atoms with Crippen LogP contribution < -0.4 is 5.32 Å². The van der Waals surface area contributed by atoms with E-state index in [0.717, 1.165) is 32.0 Å². The summed E-state index contributed by atoms with van der Waals surface area (Å²) in [5, 5.41) is 21.8. The van der Waals surface area contributed by atoms with Crippen molar-refractivity contribution in [3.05, 3.63) is 59.4 Å². The van der Waals surface area contributed by atoms with Gasteiger partial charge in [0.15, 0.2) is 0 Å². The molecule has 29 heavy (non-hydrogen) atoms. The normalized spacial score (nSPS) is 14.4. The number of aromatic hydroxyl groups is 1. The Morgan fingerprint density at radius 1 is 0.966 bits per heavy atom. The third-order valence-electron chi connectivity index (χ3n) is 4.35. The molecule has 0 aromatic heterocycles. The molecule has 0 fully saturated rings. The Bertz CT molecular complexity index is 908. The predicted molar refractivity (Wildman–Crippen MR) is 91.7 cm³/mol. The van der Waals surface area contributed by atoms with Gasteiger partial charge in [-0.15, -0.1) is 0 Å². The van der Waals surface area contributed by atoms with Crippen molar-refractivity contribution in [2.45, 2.75) is 37.5 Å². The van der Waals surface area contributed by atoms with Crippen molar-refractivity contribution >= 4 is 11.6 Å². The van der Waals surface area contributed by atoms with Crippen LogP contribution in [0.25, 0.3) is 0 Å². The highest BCUT2D eigenvalue weighted by atomic mass is 19.4. The molecule has 0 aliphatic carbocycles. The molecule has 0 aliphatic heterocycles. The molecule has 1 amide bonds. The molecule has 0 saturated heterocycles. The van der Waals surface area contributed by atoms with E-state index in [1.807, 2.05) is 0 Å².